The number of hydrogen-bond donors (Lipinski definition) is 4. The lowest BCUT2D eigenvalue weighted by Gasteiger charge is -2.11. The molecule has 0 spiro atoms. The van der Waals surface area contributed by atoms with Crippen LogP contribution in [0.2, 0.25) is 0 Å². The summed E-state index contributed by atoms with van der Waals surface area (Å²) in [5.41, 5.74) is 2.47. The molecule has 0 aliphatic carbocycles. The van der Waals surface area contributed by atoms with Crippen molar-refractivity contribution in [3.63, 3.8) is 0 Å². The maximum Gasteiger partial charge on any atom is 0.573 e. The number of aliphatic hydroxyl groups is 1. The Morgan fingerprint density at radius 2 is 2.11 bits per heavy atom. The molecule has 11 nitrogen and oxygen atoms in total. The van der Waals surface area contributed by atoms with E-state index in [2.05, 4.69) is 35.9 Å². The fourth-order valence-corrected chi connectivity index (χ4v) is 3.75. The van der Waals surface area contributed by atoms with Crippen molar-refractivity contribution in [2.75, 3.05) is 11.9 Å². The zero-order chi connectivity index (χ0) is 25.3. The molecule has 14 heteroatoms. The Balaban J connectivity index is 1.54. The first-order valence-electron chi connectivity index (χ1n) is 10.3. The van der Waals surface area contributed by atoms with Gasteiger partial charge in [-0.25, -0.2) is 4.68 Å². The van der Waals surface area contributed by atoms with Gasteiger partial charge in [-0.1, -0.05) is 0 Å². The molecule has 0 fully saturated rings. The molecule has 1 unspecified atom stereocenters. The number of carbonyl (C=O) groups is 2. The molecule has 1 aliphatic rings. The maximum atomic E-state index is 12.8. The second kappa shape index (κ2) is 9.21. The van der Waals surface area contributed by atoms with Crippen LogP contribution in [-0.2, 0) is 11.3 Å². The standard InChI is InChI=1S/C21H20F3N7O4/c1-10-17(6-15-14-5-13(35-21(22,23)24)3-4-16(14)28-19(15)33)27-11(2)18(10)20(34)25-7-12(32)8-31-9-26-29-30-31/h3-6,9,12,27,32H,7-8H2,1-2H3,(H,25,34)(H,28,33)/b15-6-. The van der Waals surface area contributed by atoms with E-state index in [1.54, 1.807) is 13.8 Å². The van der Waals surface area contributed by atoms with Gasteiger partial charge in [-0.3, -0.25) is 9.59 Å². The summed E-state index contributed by atoms with van der Waals surface area (Å²) in [7, 11) is 0. The monoisotopic (exact) mass is 491 g/mol. The highest BCUT2D eigenvalue weighted by Crippen LogP contribution is 2.37. The molecule has 35 heavy (non-hydrogen) atoms. The van der Waals surface area contributed by atoms with Crippen LogP contribution in [0.4, 0.5) is 18.9 Å². The minimum Gasteiger partial charge on any atom is -0.406 e. The fourth-order valence-electron chi connectivity index (χ4n) is 3.75. The predicted octanol–water partition coefficient (Wildman–Crippen LogP) is 1.80. The molecule has 2 aromatic heterocycles. The molecule has 1 atom stereocenters. The smallest absolute Gasteiger partial charge is 0.406 e. The lowest BCUT2D eigenvalue weighted by Crippen LogP contribution is -2.35. The molecule has 0 saturated carbocycles. The number of carbonyl (C=O) groups excluding carboxylic acids is 2. The molecule has 3 heterocycles. The van der Waals surface area contributed by atoms with Crippen molar-refractivity contribution < 1.29 is 32.6 Å². The van der Waals surface area contributed by atoms with Crippen LogP contribution < -0.4 is 15.4 Å². The number of aryl methyl sites for hydroxylation is 1. The summed E-state index contributed by atoms with van der Waals surface area (Å²) < 4.78 is 43.1. The number of amides is 2. The minimum atomic E-state index is -4.87. The molecule has 0 saturated heterocycles. The van der Waals surface area contributed by atoms with Gasteiger partial charge in [0.05, 0.1) is 23.8 Å². The number of aromatic amines is 1. The topological polar surface area (TPSA) is 147 Å². The number of ether oxygens (including phenoxy) is 1. The van der Waals surface area contributed by atoms with Crippen molar-refractivity contribution in [1.82, 2.24) is 30.5 Å². The average molecular weight is 491 g/mol. The van der Waals surface area contributed by atoms with Gasteiger partial charge in [0, 0.05) is 29.2 Å². The highest BCUT2D eigenvalue weighted by molar-refractivity contribution is 6.35. The number of rotatable bonds is 7. The summed E-state index contributed by atoms with van der Waals surface area (Å²) in [6.45, 7) is 3.36. The summed E-state index contributed by atoms with van der Waals surface area (Å²) in [5.74, 6) is -1.42. The molecule has 3 aromatic rings. The van der Waals surface area contributed by atoms with E-state index in [9.17, 15) is 27.9 Å². The Bertz CT molecular complexity index is 1300. The lowest BCUT2D eigenvalue weighted by molar-refractivity contribution is -0.274. The zero-order valence-electron chi connectivity index (χ0n) is 18.5. The lowest BCUT2D eigenvalue weighted by atomic mass is 10.0. The number of aromatic nitrogens is 5. The van der Waals surface area contributed by atoms with Gasteiger partial charge < -0.3 is 25.5 Å². The Labute approximate surface area is 196 Å². The van der Waals surface area contributed by atoms with Gasteiger partial charge in [-0.2, -0.15) is 0 Å². The van der Waals surface area contributed by atoms with Gasteiger partial charge in [0.1, 0.15) is 12.1 Å². The van der Waals surface area contributed by atoms with Crippen molar-refractivity contribution in [2.45, 2.75) is 32.9 Å². The Morgan fingerprint density at radius 3 is 2.80 bits per heavy atom. The largest absolute Gasteiger partial charge is 0.573 e. The van der Waals surface area contributed by atoms with Crippen molar-refractivity contribution in [1.29, 1.82) is 0 Å². The molecule has 4 rings (SSSR count). The summed E-state index contributed by atoms with van der Waals surface area (Å²) in [4.78, 5) is 28.3. The molecule has 2 amide bonds. The first-order chi connectivity index (χ1) is 16.5. The second-order valence-electron chi connectivity index (χ2n) is 7.83. The molecule has 1 aliphatic heterocycles. The third-order valence-corrected chi connectivity index (χ3v) is 5.29. The number of H-pyrrole nitrogens is 1. The summed E-state index contributed by atoms with van der Waals surface area (Å²) >= 11 is 0. The van der Waals surface area contributed by atoms with E-state index in [0.717, 1.165) is 12.1 Å². The third-order valence-electron chi connectivity index (χ3n) is 5.29. The normalized spacial score (nSPS) is 15.1. The Hall–Kier alpha value is -4.20. The molecule has 184 valence electrons. The van der Waals surface area contributed by atoms with Crippen molar-refractivity contribution >= 4 is 29.2 Å². The number of fused-ring (bicyclic) bond motifs is 1. The molecule has 0 radical (unpaired) electrons. The van der Waals surface area contributed by atoms with Crippen molar-refractivity contribution in [3.05, 3.63) is 52.6 Å². The van der Waals surface area contributed by atoms with Gasteiger partial charge >= 0.3 is 6.36 Å². The summed E-state index contributed by atoms with van der Waals surface area (Å²) in [5, 5.41) is 25.9. The van der Waals surface area contributed by atoms with Crippen molar-refractivity contribution in [3.8, 4) is 5.75 Å². The first-order valence-corrected chi connectivity index (χ1v) is 10.3. The zero-order valence-corrected chi connectivity index (χ0v) is 18.5. The highest BCUT2D eigenvalue weighted by atomic mass is 19.4. The van der Waals surface area contributed by atoms with E-state index in [0.29, 0.717) is 28.2 Å². The molecule has 0 bridgehead atoms. The van der Waals surface area contributed by atoms with E-state index < -0.39 is 30.0 Å². The van der Waals surface area contributed by atoms with Crippen LogP contribution in [0.25, 0.3) is 11.6 Å². The van der Waals surface area contributed by atoms with E-state index >= 15 is 0 Å². The molecule has 1 aromatic carbocycles. The number of alkyl halides is 3. The van der Waals surface area contributed by atoms with E-state index in [-0.39, 0.29) is 24.2 Å². The number of nitrogens with one attached hydrogen (secondary N) is 3. The SMILES string of the molecule is Cc1[nH]c(/C=C2\C(=O)Nc3ccc(OC(F)(F)F)cc32)c(C)c1C(=O)NCC(O)Cn1cnnn1. The summed E-state index contributed by atoms with van der Waals surface area (Å²) in [6, 6.07) is 3.55. The highest BCUT2D eigenvalue weighted by Gasteiger charge is 2.33. The van der Waals surface area contributed by atoms with Crippen LogP contribution in [0.15, 0.2) is 24.5 Å². The maximum absolute atomic E-state index is 12.8. The number of tetrazole rings is 1. The van der Waals surface area contributed by atoms with Crippen LogP contribution in [0.3, 0.4) is 0 Å². The van der Waals surface area contributed by atoms with Gasteiger partial charge in [-0.15, -0.1) is 18.3 Å². The Kier molecular flexibility index (Phi) is 6.30. The van der Waals surface area contributed by atoms with Gasteiger partial charge in [-0.05, 0) is 54.1 Å². The predicted molar refractivity (Wildman–Crippen MR) is 116 cm³/mol. The number of benzene rings is 1. The van der Waals surface area contributed by atoms with Crippen LogP contribution in [0.1, 0.15) is 32.9 Å². The van der Waals surface area contributed by atoms with E-state index in [4.69, 9.17) is 0 Å². The number of halogens is 3. The second-order valence-corrected chi connectivity index (χ2v) is 7.83. The van der Waals surface area contributed by atoms with Crippen molar-refractivity contribution in [2.24, 2.45) is 0 Å². The van der Waals surface area contributed by atoms with Crippen LogP contribution in [0, 0.1) is 13.8 Å². The quantitative estimate of drug-likeness (QED) is 0.369. The number of hydrogen-bond acceptors (Lipinski definition) is 7. The first kappa shape index (κ1) is 23.9. The molecule has 4 N–H and O–H groups in total. The molecular weight excluding hydrogens is 471 g/mol. The van der Waals surface area contributed by atoms with Crippen LogP contribution in [0.5, 0.6) is 5.75 Å². The average Bonchev–Trinajstić information content (AvgIpc) is 3.45. The number of aliphatic hydroxyl groups excluding tert-OH is 1. The molecular formula is C21H20F3N7O4. The van der Waals surface area contributed by atoms with E-state index in [1.807, 2.05) is 0 Å². The van der Waals surface area contributed by atoms with Crippen LogP contribution >= 0.6 is 0 Å². The summed E-state index contributed by atoms with van der Waals surface area (Å²) in [6.07, 6.45) is -3.01. The fraction of sp³-hybridized carbons (Fsp3) is 0.286. The number of anilines is 1. The van der Waals surface area contributed by atoms with E-state index in [1.165, 1.54) is 23.2 Å². The Morgan fingerprint density at radius 1 is 1.34 bits per heavy atom. The van der Waals surface area contributed by atoms with Gasteiger partial charge in [0.2, 0.25) is 0 Å². The van der Waals surface area contributed by atoms with Gasteiger partial charge in [0.15, 0.2) is 0 Å². The van der Waals surface area contributed by atoms with Crippen LogP contribution in [-0.4, -0.2) is 61.1 Å². The van der Waals surface area contributed by atoms with Gasteiger partial charge in [0.25, 0.3) is 11.8 Å². The third kappa shape index (κ3) is 5.32. The number of nitrogens with zero attached hydrogens (tertiary/aromatic N) is 4. The minimum absolute atomic E-state index is 0.0586.